The number of benzene rings is 1. The molecule has 0 bridgehead atoms. The zero-order valence-corrected chi connectivity index (χ0v) is 16.1. The van der Waals surface area contributed by atoms with Gasteiger partial charge in [-0.05, 0) is 31.2 Å². The lowest BCUT2D eigenvalue weighted by molar-refractivity contribution is -0.122. The van der Waals surface area contributed by atoms with Crippen LogP contribution in [0.15, 0.2) is 54.7 Å². The molecule has 0 saturated carbocycles. The number of rotatable bonds is 7. The van der Waals surface area contributed by atoms with Gasteiger partial charge in [-0.25, -0.2) is 4.98 Å². The third-order valence-electron chi connectivity index (χ3n) is 5.00. The first kappa shape index (κ1) is 19.3. The first-order valence-electron chi connectivity index (χ1n) is 9.43. The topological polar surface area (TPSA) is 48.9 Å². The molecule has 1 aromatic carbocycles. The number of nitrogens with zero attached hydrogens (tertiary/aromatic N) is 4. The van der Waals surface area contributed by atoms with Gasteiger partial charge < -0.3 is 9.64 Å². The monoisotopic (exact) mass is 368 g/mol. The summed E-state index contributed by atoms with van der Waals surface area (Å²) in [6.07, 6.45) is 1.71. The quantitative estimate of drug-likeness (QED) is 0.750. The average molecular weight is 368 g/mol. The number of hydrogen-bond donors (Lipinski definition) is 0. The Hall–Kier alpha value is -2.44. The Balaban J connectivity index is 1.61. The van der Waals surface area contributed by atoms with Gasteiger partial charge in [0.2, 0.25) is 0 Å². The number of anilines is 2. The van der Waals surface area contributed by atoms with E-state index in [1.165, 1.54) is 5.69 Å². The summed E-state index contributed by atoms with van der Waals surface area (Å²) in [7, 11) is 1.54. The van der Waals surface area contributed by atoms with Crippen LogP contribution in [0.4, 0.5) is 11.5 Å². The van der Waals surface area contributed by atoms with Crippen LogP contribution in [-0.2, 0) is 9.53 Å². The van der Waals surface area contributed by atoms with Crippen molar-refractivity contribution in [2.45, 2.75) is 13.0 Å². The summed E-state index contributed by atoms with van der Waals surface area (Å²) in [5.74, 6) is 0.611. The average Bonchev–Trinajstić information content (AvgIpc) is 2.73. The zero-order valence-electron chi connectivity index (χ0n) is 16.1. The van der Waals surface area contributed by atoms with Crippen LogP contribution in [-0.4, -0.2) is 68.3 Å². The predicted octanol–water partition coefficient (Wildman–Crippen LogP) is 2.27. The zero-order chi connectivity index (χ0) is 19.1. The molecule has 27 heavy (non-hydrogen) atoms. The molecule has 1 unspecified atom stereocenters. The van der Waals surface area contributed by atoms with E-state index in [0.717, 1.165) is 26.2 Å². The van der Waals surface area contributed by atoms with E-state index in [4.69, 9.17) is 4.74 Å². The van der Waals surface area contributed by atoms with Gasteiger partial charge in [0.25, 0.3) is 5.91 Å². The van der Waals surface area contributed by atoms with Crippen molar-refractivity contribution in [3.63, 3.8) is 0 Å². The molecule has 3 rings (SSSR count). The van der Waals surface area contributed by atoms with Crippen molar-refractivity contribution in [1.29, 1.82) is 0 Å². The lowest BCUT2D eigenvalue weighted by Crippen LogP contribution is -2.53. The summed E-state index contributed by atoms with van der Waals surface area (Å²) in [6.45, 7) is 6.77. The Morgan fingerprint density at radius 1 is 1.11 bits per heavy atom. The minimum atomic E-state index is -0.0639. The molecule has 1 amide bonds. The molecule has 1 saturated heterocycles. The van der Waals surface area contributed by atoms with Crippen molar-refractivity contribution < 1.29 is 9.53 Å². The Morgan fingerprint density at radius 3 is 2.44 bits per heavy atom. The highest BCUT2D eigenvalue weighted by atomic mass is 16.5. The molecule has 1 aliphatic rings. The molecular formula is C21H28N4O2. The molecule has 144 valence electrons. The lowest BCUT2D eigenvalue weighted by Gasteiger charge is -2.40. The molecule has 2 aromatic rings. The Bertz CT molecular complexity index is 703. The predicted molar refractivity (Wildman–Crippen MR) is 108 cm³/mol. The van der Waals surface area contributed by atoms with E-state index in [-0.39, 0.29) is 18.6 Å². The van der Waals surface area contributed by atoms with E-state index in [2.05, 4.69) is 46.0 Å². The molecule has 2 heterocycles. The number of aromatic nitrogens is 1. The van der Waals surface area contributed by atoms with E-state index in [0.29, 0.717) is 12.4 Å². The van der Waals surface area contributed by atoms with Crippen LogP contribution in [0.5, 0.6) is 0 Å². The van der Waals surface area contributed by atoms with Gasteiger partial charge in [0.15, 0.2) is 0 Å². The molecule has 0 radical (unpaired) electrons. The summed E-state index contributed by atoms with van der Waals surface area (Å²) >= 11 is 0. The first-order valence-corrected chi connectivity index (χ1v) is 9.43. The number of amides is 1. The van der Waals surface area contributed by atoms with Gasteiger partial charge in [-0.2, -0.15) is 0 Å². The number of hydrogen-bond acceptors (Lipinski definition) is 5. The van der Waals surface area contributed by atoms with Crippen molar-refractivity contribution in [3.8, 4) is 0 Å². The second kappa shape index (κ2) is 9.48. The highest BCUT2D eigenvalue weighted by molar-refractivity contribution is 5.93. The van der Waals surface area contributed by atoms with Crippen LogP contribution in [0.25, 0.3) is 0 Å². The Morgan fingerprint density at radius 2 is 1.81 bits per heavy atom. The third kappa shape index (κ3) is 5.05. The second-order valence-corrected chi connectivity index (χ2v) is 6.83. The van der Waals surface area contributed by atoms with Gasteiger partial charge >= 0.3 is 0 Å². The summed E-state index contributed by atoms with van der Waals surface area (Å²) in [6, 6.07) is 16.4. The highest BCUT2D eigenvalue weighted by Crippen LogP contribution is 2.18. The molecule has 1 atom stereocenters. The number of carbonyl (C=O) groups excluding carboxylic acids is 1. The summed E-state index contributed by atoms with van der Waals surface area (Å²) in [5.41, 5.74) is 1.27. The van der Waals surface area contributed by atoms with Crippen LogP contribution in [0.2, 0.25) is 0 Å². The molecular weight excluding hydrogens is 340 g/mol. The lowest BCUT2D eigenvalue weighted by atomic mass is 10.2. The van der Waals surface area contributed by atoms with Crippen molar-refractivity contribution in [2.75, 3.05) is 56.2 Å². The van der Waals surface area contributed by atoms with E-state index in [9.17, 15) is 4.79 Å². The summed E-state index contributed by atoms with van der Waals surface area (Å²) in [4.78, 5) is 23.5. The number of piperazine rings is 1. The largest absolute Gasteiger partial charge is 0.375 e. The van der Waals surface area contributed by atoms with Gasteiger partial charge in [0.1, 0.15) is 12.4 Å². The molecule has 1 fully saturated rings. The van der Waals surface area contributed by atoms with Gasteiger partial charge in [-0.3, -0.25) is 14.6 Å². The number of pyridine rings is 1. The molecule has 6 heteroatoms. The van der Waals surface area contributed by atoms with Crippen LogP contribution in [0.1, 0.15) is 6.92 Å². The fraction of sp³-hybridized carbons (Fsp3) is 0.429. The van der Waals surface area contributed by atoms with Crippen LogP contribution in [0.3, 0.4) is 0 Å². The minimum absolute atomic E-state index is 0.0606. The van der Waals surface area contributed by atoms with Crippen LogP contribution in [0, 0.1) is 0 Å². The maximum atomic E-state index is 12.5. The molecule has 1 aromatic heterocycles. The molecule has 6 nitrogen and oxygen atoms in total. The highest BCUT2D eigenvalue weighted by Gasteiger charge is 2.25. The smallest absolute Gasteiger partial charge is 0.254 e. The number of para-hydroxylation sites is 1. The van der Waals surface area contributed by atoms with Crippen LogP contribution >= 0.6 is 0 Å². The third-order valence-corrected chi connectivity index (χ3v) is 5.00. The van der Waals surface area contributed by atoms with E-state index in [1.54, 1.807) is 18.2 Å². The van der Waals surface area contributed by atoms with E-state index < -0.39 is 0 Å². The van der Waals surface area contributed by atoms with Gasteiger partial charge in [0.05, 0.1) is 0 Å². The molecule has 1 aliphatic heterocycles. The van der Waals surface area contributed by atoms with E-state index in [1.807, 2.05) is 24.3 Å². The summed E-state index contributed by atoms with van der Waals surface area (Å²) < 4.78 is 5.06. The fourth-order valence-corrected chi connectivity index (χ4v) is 3.48. The first-order chi connectivity index (χ1) is 13.2. The fourth-order valence-electron chi connectivity index (χ4n) is 3.48. The Labute approximate surface area is 161 Å². The molecule has 0 spiro atoms. The van der Waals surface area contributed by atoms with Crippen LogP contribution < -0.4 is 9.80 Å². The maximum Gasteiger partial charge on any atom is 0.254 e. The van der Waals surface area contributed by atoms with Crippen molar-refractivity contribution >= 4 is 17.4 Å². The second-order valence-electron chi connectivity index (χ2n) is 6.83. The maximum absolute atomic E-state index is 12.5. The SMILES string of the molecule is COCC(=O)N(CC(C)N1CCN(c2ccccc2)CC1)c1ccccn1. The molecule has 0 aliphatic carbocycles. The standard InChI is InChI=1S/C21H28N4O2/c1-18(16-25(21(26)17-27-2)20-10-6-7-11-22-20)23-12-14-24(15-13-23)19-8-4-3-5-9-19/h3-11,18H,12-17H2,1-2H3. The number of methoxy groups -OCH3 is 1. The Kier molecular flexibility index (Phi) is 6.79. The van der Waals surface area contributed by atoms with Crippen molar-refractivity contribution in [2.24, 2.45) is 0 Å². The van der Waals surface area contributed by atoms with Gasteiger partial charge in [-0.1, -0.05) is 24.3 Å². The van der Waals surface area contributed by atoms with Crippen molar-refractivity contribution in [1.82, 2.24) is 9.88 Å². The minimum Gasteiger partial charge on any atom is -0.375 e. The van der Waals surface area contributed by atoms with E-state index >= 15 is 0 Å². The van der Waals surface area contributed by atoms with Gasteiger partial charge in [-0.15, -0.1) is 0 Å². The van der Waals surface area contributed by atoms with Gasteiger partial charge in [0, 0.05) is 57.8 Å². The number of ether oxygens (including phenoxy) is 1. The molecule has 0 N–H and O–H groups in total. The van der Waals surface area contributed by atoms with Crippen molar-refractivity contribution in [3.05, 3.63) is 54.7 Å². The number of carbonyl (C=O) groups is 1. The normalized spacial score (nSPS) is 16.1. The summed E-state index contributed by atoms with van der Waals surface area (Å²) in [5, 5.41) is 0.